The third-order valence-electron chi connectivity index (χ3n) is 2.27. The first-order valence-corrected chi connectivity index (χ1v) is 6.38. The number of anilines is 2. The first-order valence-electron chi connectivity index (χ1n) is 5.62. The average Bonchev–Trinajstić information content (AvgIpc) is 2.30. The molecule has 1 amide bonds. The Kier molecular flexibility index (Phi) is 5.72. The third kappa shape index (κ3) is 4.05. The van der Waals surface area contributed by atoms with Gasteiger partial charge in [-0.3, -0.25) is 4.79 Å². The summed E-state index contributed by atoms with van der Waals surface area (Å²) in [6, 6.07) is 3.05. The van der Waals surface area contributed by atoms with Gasteiger partial charge in [-0.2, -0.15) is 0 Å². The molecule has 0 spiro atoms. The van der Waals surface area contributed by atoms with Gasteiger partial charge in [0.25, 0.3) is 5.91 Å². The predicted molar refractivity (Wildman–Crippen MR) is 75.2 cm³/mol. The maximum Gasteiger partial charge on any atom is 0.253 e. The van der Waals surface area contributed by atoms with Gasteiger partial charge in [-0.1, -0.05) is 30.1 Å². The minimum absolute atomic E-state index is 0.292. The number of carbonyl (C=O) groups is 1. The molecule has 1 unspecified atom stereocenters. The lowest BCUT2D eigenvalue weighted by atomic mass is 10.2. The van der Waals surface area contributed by atoms with Crippen LogP contribution in [-0.2, 0) is 9.53 Å². The Hall–Kier alpha value is -0.970. The van der Waals surface area contributed by atoms with Gasteiger partial charge in [-0.15, -0.1) is 0 Å². The van der Waals surface area contributed by atoms with Crippen LogP contribution in [0, 0.1) is 0 Å². The van der Waals surface area contributed by atoms with Crippen molar-refractivity contribution in [2.24, 2.45) is 0 Å². The summed E-state index contributed by atoms with van der Waals surface area (Å²) in [4.78, 5) is 11.8. The van der Waals surface area contributed by atoms with Crippen LogP contribution in [0.3, 0.4) is 0 Å². The summed E-state index contributed by atoms with van der Waals surface area (Å²) in [5.41, 5.74) is 6.43. The Morgan fingerprint density at radius 1 is 1.50 bits per heavy atom. The van der Waals surface area contributed by atoms with E-state index in [-0.39, 0.29) is 5.91 Å². The second-order valence-electron chi connectivity index (χ2n) is 3.85. The van der Waals surface area contributed by atoms with Crippen LogP contribution >= 0.6 is 23.2 Å². The van der Waals surface area contributed by atoms with Gasteiger partial charge in [0.2, 0.25) is 0 Å². The summed E-state index contributed by atoms with van der Waals surface area (Å²) in [7, 11) is 0. The van der Waals surface area contributed by atoms with Crippen molar-refractivity contribution in [2.75, 3.05) is 17.7 Å². The van der Waals surface area contributed by atoms with Crippen LogP contribution in [0.4, 0.5) is 11.4 Å². The molecule has 0 saturated carbocycles. The van der Waals surface area contributed by atoms with Gasteiger partial charge in [-0.05, 0) is 25.5 Å². The minimum Gasteiger partial charge on any atom is -0.397 e. The highest BCUT2D eigenvalue weighted by Crippen LogP contribution is 2.32. The van der Waals surface area contributed by atoms with Gasteiger partial charge < -0.3 is 15.8 Å². The summed E-state index contributed by atoms with van der Waals surface area (Å²) in [6.45, 7) is 4.17. The van der Waals surface area contributed by atoms with Gasteiger partial charge in [0.15, 0.2) is 0 Å². The van der Waals surface area contributed by atoms with Crippen molar-refractivity contribution in [3.8, 4) is 0 Å². The zero-order chi connectivity index (χ0) is 13.7. The zero-order valence-corrected chi connectivity index (χ0v) is 11.8. The molecule has 18 heavy (non-hydrogen) atoms. The van der Waals surface area contributed by atoms with E-state index in [1.165, 1.54) is 12.1 Å². The van der Waals surface area contributed by atoms with Crippen molar-refractivity contribution in [3.05, 3.63) is 22.2 Å². The summed E-state index contributed by atoms with van der Waals surface area (Å²) < 4.78 is 5.31. The van der Waals surface area contributed by atoms with Crippen LogP contribution in [0.2, 0.25) is 10.0 Å². The number of nitrogens with two attached hydrogens (primary N) is 1. The maximum atomic E-state index is 11.8. The van der Waals surface area contributed by atoms with Gasteiger partial charge in [-0.25, -0.2) is 0 Å². The van der Waals surface area contributed by atoms with E-state index in [2.05, 4.69) is 5.32 Å². The molecule has 1 aromatic rings. The molecule has 0 aliphatic heterocycles. The monoisotopic (exact) mass is 290 g/mol. The van der Waals surface area contributed by atoms with E-state index >= 15 is 0 Å². The number of benzene rings is 1. The highest BCUT2D eigenvalue weighted by Gasteiger charge is 2.16. The molecule has 100 valence electrons. The third-order valence-corrected chi connectivity index (χ3v) is 2.79. The number of carbonyl (C=O) groups excluding carboxylic acids is 1. The molecule has 3 N–H and O–H groups in total. The molecule has 0 fully saturated rings. The van der Waals surface area contributed by atoms with Crippen LogP contribution in [0.25, 0.3) is 0 Å². The summed E-state index contributed by atoms with van der Waals surface area (Å²) in [5, 5.41) is 3.36. The molecule has 0 bridgehead atoms. The van der Waals surface area contributed by atoms with Crippen molar-refractivity contribution >= 4 is 40.5 Å². The van der Waals surface area contributed by atoms with Gasteiger partial charge in [0.05, 0.1) is 16.4 Å². The molecule has 0 aliphatic carbocycles. The van der Waals surface area contributed by atoms with Crippen molar-refractivity contribution in [1.82, 2.24) is 0 Å². The Morgan fingerprint density at radius 2 is 2.17 bits per heavy atom. The molecular formula is C12H16Cl2N2O2. The van der Waals surface area contributed by atoms with Crippen molar-refractivity contribution < 1.29 is 9.53 Å². The number of ether oxygens (including phenoxy) is 1. The molecular weight excluding hydrogens is 275 g/mol. The van der Waals surface area contributed by atoms with Crippen molar-refractivity contribution in [1.29, 1.82) is 0 Å². The zero-order valence-electron chi connectivity index (χ0n) is 10.3. The highest BCUT2D eigenvalue weighted by molar-refractivity contribution is 6.37. The van der Waals surface area contributed by atoms with E-state index < -0.39 is 6.10 Å². The van der Waals surface area contributed by atoms with Gasteiger partial charge in [0.1, 0.15) is 6.10 Å². The Bertz CT molecular complexity index is 415. The lowest BCUT2D eigenvalue weighted by Gasteiger charge is -2.15. The molecule has 0 aliphatic rings. The second-order valence-corrected chi connectivity index (χ2v) is 4.70. The average molecular weight is 291 g/mol. The Labute approximate surface area is 116 Å². The van der Waals surface area contributed by atoms with Gasteiger partial charge in [0, 0.05) is 11.6 Å². The molecule has 0 aromatic heterocycles. The van der Waals surface area contributed by atoms with Crippen molar-refractivity contribution in [3.63, 3.8) is 0 Å². The molecule has 0 heterocycles. The quantitative estimate of drug-likeness (QED) is 0.818. The summed E-state index contributed by atoms with van der Waals surface area (Å²) >= 11 is 11.8. The van der Waals surface area contributed by atoms with Gasteiger partial charge >= 0.3 is 0 Å². The Morgan fingerprint density at radius 3 is 2.72 bits per heavy atom. The number of nitrogens with one attached hydrogen (secondary N) is 1. The van der Waals surface area contributed by atoms with Crippen LogP contribution < -0.4 is 11.1 Å². The van der Waals surface area contributed by atoms with E-state index in [9.17, 15) is 4.79 Å². The summed E-state index contributed by atoms with van der Waals surface area (Å²) in [6.07, 6.45) is 0.289. The normalized spacial score (nSPS) is 12.2. The molecule has 6 heteroatoms. The molecule has 1 atom stereocenters. The van der Waals surface area contributed by atoms with Crippen LogP contribution in [0.15, 0.2) is 12.1 Å². The number of hydrogen-bond donors (Lipinski definition) is 2. The van der Waals surface area contributed by atoms with Crippen molar-refractivity contribution in [2.45, 2.75) is 26.4 Å². The number of nitrogen functional groups attached to an aromatic ring is 1. The second kappa shape index (κ2) is 6.83. The van der Waals surface area contributed by atoms with Crippen LogP contribution in [-0.4, -0.2) is 18.6 Å². The van der Waals surface area contributed by atoms with E-state index in [1.807, 2.05) is 6.92 Å². The van der Waals surface area contributed by atoms with E-state index in [0.717, 1.165) is 6.42 Å². The maximum absolute atomic E-state index is 11.8. The highest BCUT2D eigenvalue weighted by atomic mass is 35.5. The lowest BCUT2D eigenvalue weighted by molar-refractivity contribution is -0.126. The fraction of sp³-hybridized carbons (Fsp3) is 0.417. The number of amides is 1. The minimum atomic E-state index is -0.559. The predicted octanol–water partition coefficient (Wildman–Crippen LogP) is 3.33. The van der Waals surface area contributed by atoms with E-state index in [0.29, 0.717) is 28.0 Å². The lowest BCUT2D eigenvalue weighted by Crippen LogP contribution is -2.28. The first-order chi connectivity index (χ1) is 8.45. The van der Waals surface area contributed by atoms with Crippen LogP contribution in [0.1, 0.15) is 20.3 Å². The smallest absolute Gasteiger partial charge is 0.253 e. The number of rotatable bonds is 5. The molecule has 0 saturated heterocycles. The molecule has 1 aromatic carbocycles. The molecule has 1 rings (SSSR count). The van der Waals surface area contributed by atoms with Crippen LogP contribution in [0.5, 0.6) is 0 Å². The number of halogens is 2. The Balaban J connectivity index is 2.76. The molecule has 4 nitrogen and oxygen atoms in total. The standard InChI is InChI=1S/C12H16Cl2N2O2/c1-3-4-18-7(2)12(17)16-11-9(14)5-8(13)6-10(11)15/h5-7H,3-4,15H2,1-2H3,(H,16,17). The summed E-state index contributed by atoms with van der Waals surface area (Å²) in [5.74, 6) is -0.292. The molecule has 0 radical (unpaired) electrons. The topological polar surface area (TPSA) is 64.3 Å². The first kappa shape index (κ1) is 15.1. The fourth-order valence-electron chi connectivity index (χ4n) is 1.32. The fourth-order valence-corrected chi connectivity index (χ4v) is 1.88. The van der Waals surface area contributed by atoms with E-state index in [1.54, 1.807) is 6.92 Å². The SMILES string of the molecule is CCCOC(C)C(=O)Nc1c(N)cc(Cl)cc1Cl. The number of hydrogen-bond acceptors (Lipinski definition) is 3. The largest absolute Gasteiger partial charge is 0.397 e. The van der Waals surface area contributed by atoms with E-state index in [4.69, 9.17) is 33.7 Å².